The summed E-state index contributed by atoms with van der Waals surface area (Å²) in [5.41, 5.74) is 9.89. The maximum Gasteiger partial charge on any atom is 0.228 e. The third kappa shape index (κ3) is 2.75. The van der Waals surface area contributed by atoms with Crippen LogP contribution in [0.25, 0.3) is 0 Å². The van der Waals surface area contributed by atoms with E-state index in [2.05, 4.69) is 13.8 Å². The molecule has 0 saturated heterocycles. The van der Waals surface area contributed by atoms with E-state index < -0.39 is 23.1 Å². The first-order valence-corrected chi connectivity index (χ1v) is 5.85. The van der Waals surface area contributed by atoms with E-state index >= 15 is 0 Å². The van der Waals surface area contributed by atoms with Crippen LogP contribution in [0.5, 0.6) is 0 Å². The zero-order valence-electron chi connectivity index (χ0n) is 10.3. The van der Waals surface area contributed by atoms with E-state index in [0.717, 1.165) is 6.42 Å². The molecule has 0 heterocycles. The Balaban J connectivity index is 3.03. The molecule has 1 aliphatic rings. The van der Waals surface area contributed by atoms with Gasteiger partial charge in [-0.1, -0.05) is 38.2 Å². The molecular weight excluding hydrogens is 216 g/mol. The quantitative estimate of drug-likeness (QED) is 0.749. The van der Waals surface area contributed by atoms with Crippen molar-refractivity contribution in [2.24, 2.45) is 28.7 Å². The Bertz CT molecular complexity index is 372. The number of amides is 2. The minimum Gasteiger partial charge on any atom is -0.369 e. The average Bonchev–Trinajstić information content (AvgIpc) is 2.26. The molecule has 4 nitrogen and oxygen atoms in total. The van der Waals surface area contributed by atoms with Crippen molar-refractivity contribution in [2.45, 2.75) is 26.7 Å². The molecular formula is C13H20N2O2. The summed E-state index contributed by atoms with van der Waals surface area (Å²) in [5, 5.41) is 0. The van der Waals surface area contributed by atoms with E-state index in [4.69, 9.17) is 11.5 Å². The lowest BCUT2D eigenvalue weighted by Crippen LogP contribution is -2.47. The highest BCUT2D eigenvalue weighted by molar-refractivity contribution is 5.92. The fourth-order valence-electron chi connectivity index (χ4n) is 2.15. The Hall–Kier alpha value is -1.58. The molecule has 0 aliphatic heterocycles. The summed E-state index contributed by atoms with van der Waals surface area (Å²) in [6.45, 7) is 4.13. The smallest absolute Gasteiger partial charge is 0.228 e. The topological polar surface area (TPSA) is 86.2 Å². The second-order valence-corrected chi connectivity index (χ2v) is 4.96. The zero-order chi connectivity index (χ0) is 13.1. The van der Waals surface area contributed by atoms with E-state index in [-0.39, 0.29) is 0 Å². The van der Waals surface area contributed by atoms with Crippen LogP contribution < -0.4 is 11.5 Å². The fraction of sp³-hybridized carbons (Fsp3) is 0.538. The second kappa shape index (κ2) is 5.17. The lowest BCUT2D eigenvalue weighted by Gasteiger charge is -2.34. The van der Waals surface area contributed by atoms with Gasteiger partial charge in [0.05, 0.1) is 11.3 Å². The Morgan fingerprint density at radius 3 is 2.41 bits per heavy atom. The molecule has 4 heteroatoms. The van der Waals surface area contributed by atoms with Crippen molar-refractivity contribution in [3.8, 4) is 0 Å². The van der Waals surface area contributed by atoms with Crippen molar-refractivity contribution in [3.63, 3.8) is 0 Å². The molecule has 0 radical (unpaired) electrons. The first-order valence-electron chi connectivity index (χ1n) is 5.85. The minimum absolute atomic E-state index is 0.444. The summed E-state index contributed by atoms with van der Waals surface area (Å²) in [4.78, 5) is 23.2. The number of carbonyl (C=O) groups is 2. The van der Waals surface area contributed by atoms with Crippen LogP contribution in [-0.4, -0.2) is 11.8 Å². The molecule has 0 aromatic rings. The summed E-state index contributed by atoms with van der Waals surface area (Å²) in [6.07, 6.45) is 8.23. The molecule has 1 aliphatic carbocycles. The third-order valence-electron chi connectivity index (χ3n) is 3.26. The van der Waals surface area contributed by atoms with Crippen LogP contribution in [0.4, 0.5) is 0 Å². The van der Waals surface area contributed by atoms with E-state index in [9.17, 15) is 9.59 Å². The van der Waals surface area contributed by atoms with Crippen molar-refractivity contribution < 1.29 is 9.59 Å². The van der Waals surface area contributed by atoms with Crippen LogP contribution in [0.15, 0.2) is 24.3 Å². The highest BCUT2D eigenvalue weighted by atomic mass is 16.2. The van der Waals surface area contributed by atoms with Crippen molar-refractivity contribution in [1.82, 2.24) is 0 Å². The van der Waals surface area contributed by atoms with Gasteiger partial charge in [0.2, 0.25) is 11.8 Å². The predicted octanol–water partition coefficient (Wildman–Crippen LogP) is 1.12. The summed E-state index contributed by atoms with van der Waals surface area (Å²) < 4.78 is 0. The lowest BCUT2D eigenvalue weighted by atomic mass is 9.68. The molecule has 4 N–H and O–H groups in total. The molecule has 0 bridgehead atoms. The van der Waals surface area contributed by atoms with E-state index in [1.165, 1.54) is 0 Å². The average molecular weight is 236 g/mol. The van der Waals surface area contributed by atoms with E-state index in [0.29, 0.717) is 12.3 Å². The third-order valence-corrected chi connectivity index (χ3v) is 3.26. The van der Waals surface area contributed by atoms with Crippen molar-refractivity contribution in [1.29, 1.82) is 0 Å². The van der Waals surface area contributed by atoms with Gasteiger partial charge in [-0.3, -0.25) is 9.59 Å². The Morgan fingerprint density at radius 2 is 1.94 bits per heavy atom. The molecule has 0 fully saturated rings. The number of allylic oxidation sites excluding steroid dienone is 2. The largest absolute Gasteiger partial charge is 0.369 e. The first-order chi connectivity index (χ1) is 7.90. The molecule has 1 rings (SSSR count). The van der Waals surface area contributed by atoms with Gasteiger partial charge in [0, 0.05) is 0 Å². The molecule has 0 aromatic carbocycles. The number of hydrogen-bond donors (Lipinski definition) is 2. The molecule has 0 spiro atoms. The van der Waals surface area contributed by atoms with E-state index in [1.807, 2.05) is 0 Å². The normalized spacial score (nSPS) is 27.4. The van der Waals surface area contributed by atoms with E-state index in [1.54, 1.807) is 24.3 Å². The van der Waals surface area contributed by atoms with Gasteiger partial charge in [-0.05, 0) is 18.8 Å². The minimum atomic E-state index is -0.954. The van der Waals surface area contributed by atoms with Gasteiger partial charge < -0.3 is 11.5 Å². The summed E-state index contributed by atoms with van der Waals surface area (Å²) in [5.74, 6) is -1.18. The van der Waals surface area contributed by atoms with Gasteiger partial charge in [-0.25, -0.2) is 0 Å². The van der Waals surface area contributed by atoms with Gasteiger partial charge in [0.25, 0.3) is 0 Å². The van der Waals surface area contributed by atoms with Crippen LogP contribution in [0.1, 0.15) is 26.7 Å². The van der Waals surface area contributed by atoms with Crippen LogP contribution in [0.2, 0.25) is 0 Å². The molecule has 17 heavy (non-hydrogen) atoms. The molecule has 2 amide bonds. The van der Waals surface area contributed by atoms with Gasteiger partial charge in [0.15, 0.2) is 0 Å². The van der Waals surface area contributed by atoms with Gasteiger partial charge in [0.1, 0.15) is 0 Å². The second-order valence-electron chi connectivity index (χ2n) is 4.96. The van der Waals surface area contributed by atoms with Gasteiger partial charge in [-0.2, -0.15) is 0 Å². The van der Waals surface area contributed by atoms with Crippen molar-refractivity contribution in [3.05, 3.63) is 24.3 Å². The first kappa shape index (κ1) is 13.5. The highest BCUT2D eigenvalue weighted by Gasteiger charge is 2.44. The maximum atomic E-state index is 11.7. The summed E-state index contributed by atoms with van der Waals surface area (Å²) >= 11 is 0. The van der Waals surface area contributed by atoms with Crippen molar-refractivity contribution in [2.75, 3.05) is 0 Å². The fourth-order valence-corrected chi connectivity index (χ4v) is 2.15. The monoisotopic (exact) mass is 236 g/mol. The summed E-state index contributed by atoms with van der Waals surface area (Å²) in [7, 11) is 0. The van der Waals surface area contributed by atoms with Gasteiger partial charge in [-0.15, -0.1) is 0 Å². The standard InChI is InChI=1S/C13H20N2O2/c1-9(2)6-8-13(12(15)17)7-4-3-5-10(13)11(14)16/h3-5,7,9-10H,6,8H2,1-2H3,(H2,14,16)(H2,15,17). The molecule has 2 unspecified atom stereocenters. The number of hydrogen-bond acceptors (Lipinski definition) is 2. The Morgan fingerprint density at radius 1 is 1.29 bits per heavy atom. The number of nitrogens with two attached hydrogens (primary N) is 2. The Labute approximate surface area is 102 Å². The molecule has 94 valence electrons. The Kier molecular flexibility index (Phi) is 4.10. The van der Waals surface area contributed by atoms with Crippen LogP contribution >= 0.6 is 0 Å². The highest BCUT2D eigenvalue weighted by Crippen LogP contribution is 2.38. The summed E-state index contributed by atoms with van der Waals surface area (Å²) in [6, 6.07) is 0. The lowest BCUT2D eigenvalue weighted by molar-refractivity contribution is -0.134. The van der Waals surface area contributed by atoms with Crippen LogP contribution in [-0.2, 0) is 9.59 Å². The SMILES string of the molecule is CC(C)CCC1(C(N)=O)C=CC=CC1C(N)=O. The maximum absolute atomic E-state index is 11.7. The number of rotatable bonds is 5. The van der Waals surface area contributed by atoms with Crippen molar-refractivity contribution >= 4 is 11.8 Å². The van der Waals surface area contributed by atoms with Gasteiger partial charge >= 0.3 is 0 Å². The van der Waals surface area contributed by atoms with Crippen LogP contribution in [0, 0.1) is 17.3 Å². The zero-order valence-corrected chi connectivity index (χ0v) is 10.3. The number of carbonyl (C=O) groups excluding carboxylic acids is 2. The molecule has 0 aromatic heterocycles. The van der Waals surface area contributed by atoms with Crippen LogP contribution in [0.3, 0.4) is 0 Å². The molecule has 2 atom stereocenters. The number of primary amides is 2. The molecule has 0 saturated carbocycles. The predicted molar refractivity (Wildman–Crippen MR) is 66.7 cm³/mol.